The monoisotopic (exact) mass is 643 g/mol. The molecule has 1 aliphatic rings. The molecule has 0 N–H and O–H groups in total. The zero-order valence-electron chi connectivity index (χ0n) is 25.4. The Kier molecular flexibility index (Phi) is 9.32. The second-order valence-corrected chi connectivity index (χ2v) is 14.7. The number of likely N-dealkylation sites (tertiary alicyclic amines) is 1. The molecule has 5 aromatic rings. The Bertz CT molecular complexity index is 1790. The van der Waals surface area contributed by atoms with Gasteiger partial charge in [0.15, 0.2) is 5.78 Å². The van der Waals surface area contributed by atoms with E-state index in [1.54, 1.807) is 47.4 Å². The zero-order valence-corrected chi connectivity index (χ0v) is 26.3. The van der Waals surface area contributed by atoms with Crippen LogP contribution in [0.15, 0.2) is 146 Å². The molecule has 6 rings (SSSR count). The van der Waals surface area contributed by atoms with Crippen LogP contribution >= 0.6 is 7.26 Å². The maximum atomic E-state index is 14.8. The lowest BCUT2D eigenvalue weighted by Crippen LogP contribution is -2.64. The summed E-state index contributed by atoms with van der Waals surface area (Å²) in [5.41, 5.74) is 0.592. The maximum Gasteiger partial charge on any atom is 0.370 e. The highest BCUT2D eigenvalue weighted by molar-refractivity contribution is 7.96. The summed E-state index contributed by atoms with van der Waals surface area (Å²) in [6.45, 7) is -0.361. The van der Waals surface area contributed by atoms with Crippen LogP contribution < -0.4 is 15.9 Å². The van der Waals surface area contributed by atoms with Crippen LogP contribution in [0.4, 0.5) is 5.69 Å². The van der Waals surface area contributed by atoms with Crippen LogP contribution in [0.25, 0.3) is 0 Å². The van der Waals surface area contributed by atoms with Crippen LogP contribution in [0.5, 0.6) is 0 Å². The topological polar surface area (TPSA) is 107 Å². The van der Waals surface area contributed by atoms with Crippen LogP contribution in [-0.2, 0) is 20.9 Å². The van der Waals surface area contributed by atoms with Gasteiger partial charge in [-0.25, -0.2) is 4.79 Å². The summed E-state index contributed by atoms with van der Waals surface area (Å²) in [5.74, 6) is -2.26. The molecule has 1 heterocycles. The van der Waals surface area contributed by atoms with E-state index in [0.717, 1.165) is 15.9 Å². The molecule has 0 aliphatic carbocycles. The van der Waals surface area contributed by atoms with Crippen molar-refractivity contribution in [3.8, 4) is 0 Å². The van der Waals surface area contributed by atoms with E-state index >= 15 is 0 Å². The Morgan fingerprint density at radius 1 is 0.745 bits per heavy atom. The van der Waals surface area contributed by atoms with E-state index in [1.807, 2.05) is 97.1 Å². The van der Waals surface area contributed by atoms with Crippen molar-refractivity contribution >= 4 is 46.5 Å². The second kappa shape index (κ2) is 13.9. The first kappa shape index (κ1) is 31.5. The molecule has 2 atom stereocenters. The second-order valence-electron chi connectivity index (χ2n) is 11.2. The quantitative estimate of drug-likeness (QED) is 0.0423. The Labute approximate surface area is 273 Å². The number of nitrogens with zero attached hydrogens (tertiary/aromatic N) is 2. The molecular formula is C38H32N2O6P+. The maximum absolute atomic E-state index is 14.8. The highest BCUT2D eigenvalue weighted by atomic mass is 31.2. The van der Waals surface area contributed by atoms with E-state index < -0.39 is 30.0 Å². The highest BCUT2D eigenvalue weighted by Crippen LogP contribution is 2.62. The van der Waals surface area contributed by atoms with Crippen molar-refractivity contribution in [1.29, 1.82) is 0 Å². The number of Topliss-reactive ketones (excluding diaryl/α,β-unsaturated/α-hetero) is 1. The SMILES string of the molecule is O=C(CC1CC(=O)N1C(C(=O)OCc1ccccc1[N+](=O)[O-])[P+](c1ccccc1)(c1ccccc1)c1ccccc1)c1ccccc1. The van der Waals surface area contributed by atoms with Gasteiger partial charge in [-0.15, -0.1) is 0 Å². The number of ether oxygens (including phenoxy) is 1. The first-order chi connectivity index (χ1) is 22.9. The molecule has 0 saturated carbocycles. The fourth-order valence-corrected chi connectivity index (χ4v) is 11.1. The molecule has 1 saturated heterocycles. The lowest BCUT2D eigenvalue weighted by molar-refractivity contribution is -0.385. The third-order valence-corrected chi connectivity index (χ3v) is 13.0. The van der Waals surface area contributed by atoms with E-state index in [1.165, 1.54) is 6.07 Å². The van der Waals surface area contributed by atoms with Gasteiger partial charge in [0.25, 0.3) is 11.5 Å². The number of hydrogen-bond acceptors (Lipinski definition) is 6. The summed E-state index contributed by atoms with van der Waals surface area (Å²) >= 11 is 0. The standard InChI is InChI=1S/C38H32N2O6P/c41-35(28-15-5-1-6-16-28)25-30-26-36(42)39(30)37(38(43)46-27-29-17-13-14-24-34(29)40(44)45)47(31-18-7-2-8-19-31,32-20-9-3-10-21-32)33-22-11-4-12-23-33/h1-24,30,37H,25-27H2/q+1. The lowest BCUT2D eigenvalue weighted by atomic mass is 9.94. The van der Waals surface area contributed by atoms with Crippen LogP contribution in [0, 0.1) is 10.1 Å². The van der Waals surface area contributed by atoms with Crippen molar-refractivity contribution in [2.45, 2.75) is 31.3 Å². The van der Waals surface area contributed by atoms with Gasteiger partial charge in [0.2, 0.25) is 5.91 Å². The number of β-lactam (4-membered cyclic amide) rings is 1. The fourth-order valence-electron chi connectivity index (χ4n) is 6.31. The normalized spacial score (nSPS) is 14.9. The van der Waals surface area contributed by atoms with Crippen molar-refractivity contribution < 1.29 is 24.0 Å². The van der Waals surface area contributed by atoms with E-state index in [0.29, 0.717) is 5.56 Å². The molecule has 1 aliphatic heterocycles. The average Bonchev–Trinajstić information content (AvgIpc) is 3.12. The number of carbonyl (C=O) groups excluding carboxylic acids is 3. The third kappa shape index (κ3) is 6.20. The van der Waals surface area contributed by atoms with Crippen molar-refractivity contribution in [2.24, 2.45) is 0 Å². The molecule has 47 heavy (non-hydrogen) atoms. The number of ketones is 1. The van der Waals surface area contributed by atoms with Crippen LogP contribution in [0.3, 0.4) is 0 Å². The summed E-state index contributed by atoms with van der Waals surface area (Å²) in [6.07, 6.45) is 0.132. The van der Waals surface area contributed by atoms with Gasteiger partial charge in [-0.1, -0.05) is 97.1 Å². The number of nitro benzene ring substituents is 1. The summed E-state index contributed by atoms with van der Waals surface area (Å²) in [5, 5.41) is 14.3. The molecule has 0 spiro atoms. The van der Waals surface area contributed by atoms with Gasteiger partial charge in [-0.3, -0.25) is 24.6 Å². The number of carbonyl (C=O) groups is 3. The molecule has 0 aromatic heterocycles. The minimum absolute atomic E-state index is 0.0298. The predicted molar refractivity (Wildman–Crippen MR) is 182 cm³/mol. The minimum atomic E-state index is -3.10. The molecule has 0 radical (unpaired) electrons. The van der Waals surface area contributed by atoms with Gasteiger partial charge in [-0.05, 0) is 42.5 Å². The van der Waals surface area contributed by atoms with E-state index in [2.05, 4.69) is 0 Å². The van der Waals surface area contributed by atoms with Crippen LogP contribution in [0.2, 0.25) is 0 Å². The van der Waals surface area contributed by atoms with Gasteiger partial charge in [-0.2, -0.15) is 0 Å². The smallest absolute Gasteiger partial charge is 0.370 e. The first-order valence-corrected chi connectivity index (χ1v) is 17.1. The zero-order chi connectivity index (χ0) is 32.8. The molecular weight excluding hydrogens is 611 g/mol. The van der Waals surface area contributed by atoms with Gasteiger partial charge in [0.1, 0.15) is 29.8 Å². The fraction of sp³-hybridized carbons (Fsp3) is 0.132. The molecule has 2 unspecified atom stereocenters. The van der Waals surface area contributed by atoms with Crippen LogP contribution in [0.1, 0.15) is 28.8 Å². The number of para-hydroxylation sites is 1. The van der Waals surface area contributed by atoms with E-state index in [-0.39, 0.29) is 42.4 Å². The summed E-state index contributed by atoms with van der Waals surface area (Å²) < 4.78 is 6.00. The van der Waals surface area contributed by atoms with Crippen molar-refractivity contribution in [3.05, 3.63) is 167 Å². The molecule has 234 valence electrons. The number of rotatable bonds is 12. The van der Waals surface area contributed by atoms with Crippen molar-refractivity contribution in [2.75, 3.05) is 0 Å². The minimum Gasteiger partial charge on any atom is -0.456 e. The third-order valence-electron chi connectivity index (χ3n) is 8.50. The highest BCUT2D eigenvalue weighted by Gasteiger charge is 2.63. The molecule has 8 nitrogen and oxygen atoms in total. The van der Waals surface area contributed by atoms with Gasteiger partial charge in [0.05, 0.1) is 16.5 Å². The molecule has 1 fully saturated rings. The Balaban J connectivity index is 1.53. The summed E-state index contributed by atoms with van der Waals surface area (Å²) in [4.78, 5) is 54.9. The molecule has 0 bridgehead atoms. The number of hydrogen-bond donors (Lipinski definition) is 0. The van der Waals surface area contributed by atoms with Gasteiger partial charge in [0, 0.05) is 24.5 Å². The van der Waals surface area contributed by atoms with Gasteiger partial charge >= 0.3 is 5.97 Å². The van der Waals surface area contributed by atoms with Crippen LogP contribution in [-0.4, -0.2) is 39.3 Å². The predicted octanol–water partition coefficient (Wildman–Crippen LogP) is 5.83. The number of nitro groups is 1. The first-order valence-electron chi connectivity index (χ1n) is 15.2. The average molecular weight is 644 g/mol. The Morgan fingerprint density at radius 2 is 1.21 bits per heavy atom. The molecule has 5 aromatic carbocycles. The van der Waals surface area contributed by atoms with E-state index in [4.69, 9.17) is 4.74 Å². The van der Waals surface area contributed by atoms with Gasteiger partial charge < -0.3 is 4.74 Å². The molecule has 1 amide bonds. The van der Waals surface area contributed by atoms with E-state index in [9.17, 15) is 24.5 Å². The molecule has 9 heteroatoms. The van der Waals surface area contributed by atoms with Crippen molar-refractivity contribution in [3.63, 3.8) is 0 Å². The Morgan fingerprint density at radius 3 is 1.70 bits per heavy atom. The van der Waals surface area contributed by atoms with Crippen molar-refractivity contribution in [1.82, 2.24) is 4.90 Å². The summed E-state index contributed by atoms with van der Waals surface area (Å²) in [6, 6.07) is 43.3. The lowest BCUT2D eigenvalue weighted by Gasteiger charge is -2.47. The largest absolute Gasteiger partial charge is 0.456 e. The number of amides is 1. The number of benzene rings is 5. The Hall–Kier alpha value is -5.46. The summed E-state index contributed by atoms with van der Waals surface area (Å²) in [7, 11) is -3.10. The number of esters is 1.